The Morgan fingerprint density at radius 3 is 2.82 bits per heavy atom. The Kier molecular flexibility index (Phi) is 3.10. The lowest BCUT2D eigenvalue weighted by Crippen LogP contribution is -2.37. The molecule has 0 radical (unpaired) electrons. The first-order valence-corrected chi connectivity index (χ1v) is 5.51. The standard InChI is InChI=1S/C12H15N3O2/c1-8-3-4-10-9(7-8)11(16)15(6-5-13-2)12(17)14-10/h3-4,7,13H,5-6H2,1-2H3,(H,14,17). The fraction of sp³-hybridized carbons (Fsp3) is 0.333. The number of fused-ring (bicyclic) bond motifs is 1. The number of aromatic amines is 1. The molecule has 17 heavy (non-hydrogen) atoms. The molecule has 0 amide bonds. The predicted molar refractivity (Wildman–Crippen MR) is 67.5 cm³/mol. The van der Waals surface area contributed by atoms with Crippen molar-refractivity contribution >= 4 is 10.9 Å². The van der Waals surface area contributed by atoms with E-state index >= 15 is 0 Å². The number of likely N-dealkylation sites (N-methyl/N-ethyl adjacent to an activating group) is 1. The van der Waals surface area contributed by atoms with E-state index in [-0.39, 0.29) is 11.2 Å². The largest absolute Gasteiger partial charge is 0.328 e. The summed E-state index contributed by atoms with van der Waals surface area (Å²) in [7, 11) is 1.78. The quantitative estimate of drug-likeness (QED) is 0.796. The minimum Gasteiger partial charge on any atom is -0.318 e. The van der Waals surface area contributed by atoms with E-state index in [4.69, 9.17) is 0 Å². The number of hydrogen-bond acceptors (Lipinski definition) is 3. The van der Waals surface area contributed by atoms with Crippen molar-refractivity contribution in [2.24, 2.45) is 0 Å². The summed E-state index contributed by atoms with van der Waals surface area (Å²) in [5.41, 5.74) is 0.998. The van der Waals surface area contributed by atoms with E-state index in [1.165, 1.54) is 4.57 Å². The molecule has 0 aliphatic rings. The zero-order chi connectivity index (χ0) is 12.4. The van der Waals surface area contributed by atoms with Crippen molar-refractivity contribution in [3.05, 3.63) is 44.6 Å². The Hall–Kier alpha value is -1.88. The molecule has 2 N–H and O–H groups in total. The highest BCUT2D eigenvalue weighted by molar-refractivity contribution is 5.77. The molecule has 5 nitrogen and oxygen atoms in total. The van der Waals surface area contributed by atoms with Crippen LogP contribution in [0.1, 0.15) is 5.56 Å². The molecule has 1 aromatic carbocycles. The second-order valence-electron chi connectivity index (χ2n) is 4.04. The third-order valence-electron chi connectivity index (χ3n) is 2.72. The van der Waals surface area contributed by atoms with Gasteiger partial charge in [-0.1, -0.05) is 11.6 Å². The molecule has 0 unspecified atom stereocenters. The number of rotatable bonds is 3. The van der Waals surface area contributed by atoms with Gasteiger partial charge in [0, 0.05) is 13.1 Å². The zero-order valence-electron chi connectivity index (χ0n) is 9.91. The van der Waals surface area contributed by atoms with Crippen LogP contribution in [-0.2, 0) is 6.54 Å². The van der Waals surface area contributed by atoms with E-state index in [0.717, 1.165) is 5.56 Å². The smallest absolute Gasteiger partial charge is 0.318 e. The molecule has 0 saturated heterocycles. The van der Waals surface area contributed by atoms with Crippen LogP contribution in [0.25, 0.3) is 10.9 Å². The van der Waals surface area contributed by atoms with Gasteiger partial charge in [0.1, 0.15) is 0 Å². The van der Waals surface area contributed by atoms with E-state index in [1.807, 2.05) is 13.0 Å². The molecular formula is C12H15N3O2. The molecule has 90 valence electrons. The second-order valence-corrected chi connectivity index (χ2v) is 4.04. The number of benzene rings is 1. The van der Waals surface area contributed by atoms with E-state index in [2.05, 4.69) is 10.3 Å². The highest BCUT2D eigenvalue weighted by Crippen LogP contribution is 2.07. The van der Waals surface area contributed by atoms with E-state index < -0.39 is 0 Å². The van der Waals surface area contributed by atoms with Crippen LogP contribution in [0, 0.1) is 6.92 Å². The van der Waals surface area contributed by atoms with Crippen molar-refractivity contribution in [1.29, 1.82) is 0 Å². The van der Waals surface area contributed by atoms with Crippen molar-refractivity contribution in [1.82, 2.24) is 14.9 Å². The lowest BCUT2D eigenvalue weighted by atomic mass is 10.2. The van der Waals surface area contributed by atoms with E-state index in [1.54, 1.807) is 19.2 Å². The molecule has 5 heteroatoms. The summed E-state index contributed by atoms with van der Waals surface area (Å²) in [6.45, 7) is 2.87. The molecule has 0 atom stereocenters. The number of H-pyrrole nitrogens is 1. The maximum atomic E-state index is 12.1. The highest BCUT2D eigenvalue weighted by Gasteiger charge is 2.06. The number of hydrogen-bond donors (Lipinski definition) is 2. The number of aryl methyl sites for hydroxylation is 1. The van der Waals surface area contributed by atoms with Gasteiger partial charge in [-0.15, -0.1) is 0 Å². The van der Waals surface area contributed by atoms with Gasteiger partial charge in [-0.25, -0.2) is 4.79 Å². The first kappa shape index (κ1) is 11.6. The topological polar surface area (TPSA) is 66.9 Å². The summed E-state index contributed by atoms with van der Waals surface area (Å²) in [4.78, 5) is 26.6. The van der Waals surface area contributed by atoms with Gasteiger partial charge < -0.3 is 10.3 Å². The van der Waals surface area contributed by atoms with Gasteiger partial charge in [0.05, 0.1) is 10.9 Å². The molecule has 0 saturated carbocycles. The van der Waals surface area contributed by atoms with Crippen molar-refractivity contribution < 1.29 is 0 Å². The van der Waals surface area contributed by atoms with Gasteiger partial charge in [-0.3, -0.25) is 9.36 Å². The van der Waals surface area contributed by atoms with Gasteiger partial charge in [-0.2, -0.15) is 0 Å². The van der Waals surface area contributed by atoms with Crippen LogP contribution in [0.5, 0.6) is 0 Å². The summed E-state index contributed by atoms with van der Waals surface area (Å²) in [6, 6.07) is 5.43. The average Bonchev–Trinajstić information content (AvgIpc) is 2.30. The van der Waals surface area contributed by atoms with Gasteiger partial charge >= 0.3 is 5.69 Å². The minimum atomic E-state index is -0.360. The molecule has 1 aromatic heterocycles. The van der Waals surface area contributed by atoms with Crippen LogP contribution in [0.15, 0.2) is 27.8 Å². The first-order valence-electron chi connectivity index (χ1n) is 5.51. The highest BCUT2D eigenvalue weighted by atomic mass is 16.2. The van der Waals surface area contributed by atoms with Crippen molar-refractivity contribution in [2.75, 3.05) is 13.6 Å². The Balaban J connectivity index is 2.69. The molecule has 0 spiro atoms. The fourth-order valence-electron chi connectivity index (χ4n) is 1.79. The lowest BCUT2D eigenvalue weighted by Gasteiger charge is -2.06. The second kappa shape index (κ2) is 4.55. The predicted octanol–water partition coefficient (Wildman–Crippen LogP) is 0.218. The van der Waals surface area contributed by atoms with E-state index in [9.17, 15) is 9.59 Å². The molecule has 2 aromatic rings. The molecule has 0 bridgehead atoms. The Morgan fingerprint density at radius 1 is 1.35 bits per heavy atom. The Bertz CT molecular complexity index is 655. The molecule has 0 aliphatic heterocycles. The van der Waals surface area contributed by atoms with Gasteiger partial charge in [0.15, 0.2) is 0 Å². The SMILES string of the molecule is CNCCn1c(=O)[nH]c2ccc(C)cc2c1=O. The Labute approximate surface area is 98.1 Å². The van der Waals surface area contributed by atoms with Gasteiger partial charge in [0.25, 0.3) is 5.56 Å². The van der Waals surface area contributed by atoms with Crippen molar-refractivity contribution in [3.8, 4) is 0 Å². The molecule has 2 rings (SSSR count). The zero-order valence-corrected chi connectivity index (χ0v) is 9.91. The number of nitrogens with one attached hydrogen (secondary N) is 2. The maximum Gasteiger partial charge on any atom is 0.328 e. The van der Waals surface area contributed by atoms with Crippen LogP contribution < -0.4 is 16.6 Å². The van der Waals surface area contributed by atoms with Crippen molar-refractivity contribution in [2.45, 2.75) is 13.5 Å². The molecule has 0 aliphatic carbocycles. The molecule has 1 heterocycles. The molecule has 0 fully saturated rings. The van der Waals surface area contributed by atoms with Gasteiger partial charge in [-0.05, 0) is 26.1 Å². The Morgan fingerprint density at radius 2 is 2.12 bits per heavy atom. The summed E-state index contributed by atoms with van der Waals surface area (Å²) in [5.74, 6) is 0. The minimum absolute atomic E-state index is 0.234. The van der Waals surface area contributed by atoms with E-state index in [0.29, 0.717) is 24.0 Å². The van der Waals surface area contributed by atoms with Crippen LogP contribution >= 0.6 is 0 Å². The van der Waals surface area contributed by atoms with Crippen LogP contribution in [0.3, 0.4) is 0 Å². The van der Waals surface area contributed by atoms with Crippen LogP contribution in [-0.4, -0.2) is 23.1 Å². The summed E-state index contributed by atoms with van der Waals surface area (Å²) in [6.07, 6.45) is 0. The number of aromatic nitrogens is 2. The fourth-order valence-corrected chi connectivity index (χ4v) is 1.79. The summed E-state index contributed by atoms with van der Waals surface area (Å²) < 4.78 is 1.22. The van der Waals surface area contributed by atoms with Crippen LogP contribution in [0.2, 0.25) is 0 Å². The van der Waals surface area contributed by atoms with Crippen molar-refractivity contribution in [3.63, 3.8) is 0 Å². The number of nitrogens with zero attached hydrogens (tertiary/aromatic N) is 1. The normalized spacial score (nSPS) is 10.9. The average molecular weight is 233 g/mol. The summed E-state index contributed by atoms with van der Waals surface area (Å²) >= 11 is 0. The van der Waals surface area contributed by atoms with Crippen LogP contribution in [0.4, 0.5) is 0 Å². The summed E-state index contributed by atoms with van der Waals surface area (Å²) in [5, 5.41) is 3.47. The van der Waals surface area contributed by atoms with Gasteiger partial charge in [0.2, 0.25) is 0 Å². The first-order chi connectivity index (χ1) is 8.13. The monoisotopic (exact) mass is 233 g/mol. The third-order valence-corrected chi connectivity index (χ3v) is 2.72. The molecular weight excluding hydrogens is 218 g/mol. The lowest BCUT2D eigenvalue weighted by molar-refractivity contribution is 0.602. The maximum absolute atomic E-state index is 12.1. The third kappa shape index (κ3) is 2.14.